The van der Waals surface area contributed by atoms with Gasteiger partial charge in [-0.2, -0.15) is 0 Å². The van der Waals surface area contributed by atoms with Gasteiger partial charge in [0.15, 0.2) is 0 Å². The van der Waals surface area contributed by atoms with Crippen molar-refractivity contribution in [1.29, 1.82) is 0 Å². The lowest BCUT2D eigenvalue weighted by Crippen LogP contribution is -2.36. The predicted octanol–water partition coefficient (Wildman–Crippen LogP) is 3.05. The van der Waals surface area contributed by atoms with Gasteiger partial charge in [0.25, 0.3) is 0 Å². The summed E-state index contributed by atoms with van der Waals surface area (Å²) in [6.07, 6.45) is 5.24. The predicted molar refractivity (Wildman–Crippen MR) is 76.9 cm³/mol. The van der Waals surface area contributed by atoms with Crippen molar-refractivity contribution in [2.45, 2.75) is 38.7 Å². The number of benzene rings is 1. The van der Waals surface area contributed by atoms with Crippen LogP contribution in [0.2, 0.25) is 0 Å². The smallest absolute Gasteiger partial charge is 0.0749 e. The van der Waals surface area contributed by atoms with E-state index in [1.807, 2.05) is 12.1 Å². The molecule has 1 fully saturated rings. The fourth-order valence-electron chi connectivity index (χ4n) is 2.48. The largest absolute Gasteiger partial charge is 0.399 e. The second kappa shape index (κ2) is 6.64. The Morgan fingerprint density at radius 3 is 2.67 bits per heavy atom. The first-order valence-electron chi connectivity index (χ1n) is 7.01. The van der Waals surface area contributed by atoms with E-state index in [0.29, 0.717) is 6.10 Å². The van der Waals surface area contributed by atoms with E-state index in [-0.39, 0.29) is 0 Å². The van der Waals surface area contributed by atoms with Crippen molar-refractivity contribution >= 4 is 11.4 Å². The van der Waals surface area contributed by atoms with E-state index in [1.165, 1.54) is 24.9 Å². The number of ether oxygens (including phenoxy) is 1. The van der Waals surface area contributed by atoms with Gasteiger partial charge in [-0.15, -0.1) is 0 Å². The number of nitrogens with zero attached hydrogens (tertiary/aromatic N) is 1. The van der Waals surface area contributed by atoms with E-state index in [4.69, 9.17) is 10.5 Å². The molecule has 1 unspecified atom stereocenters. The number of hydrogen-bond acceptors (Lipinski definition) is 3. The van der Waals surface area contributed by atoms with Crippen LogP contribution in [-0.4, -0.2) is 25.8 Å². The molecule has 1 saturated heterocycles. The van der Waals surface area contributed by atoms with Gasteiger partial charge in [0.05, 0.1) is 6.10 Å². The highest BCUT2D eigenvalue weighted by molar-refractivity contribution is 5.53. The van der Waals surface area contributed by atoms with E-state index in [2.05, 4.69) is 24.0 Å². The lowest BCUT2D eigenvalue weighted by molar-refractivity contribution is 0.0210. The SMILES string of the molecule is CCCN(CC1CCCCO1)c1ccc(N)cc1. The minimum Gasteiger partial charge on any atom is -0.399 e. The summed E-state index contributed by atoms with van der Waals surface area (Å²) in [5.74, 6) is 0. The van der Waals surface area contributed by atoms with Crippen LogP contribution in [0, 0.1) is 0 Å². The van der Waals surface area contributed by atoms with E-state index < -0.39 is 0 Å². The lowest BCUT2D eigenvalue weighted by Gasteiger charge is -2.31. The first-order chi connectivity index (χ1) is 8.79. The van der Waals surface area contributed by atoms with Crippen LogP contribution in [0.25, 0.3) is 0 Å². The van der Waals surface area contributed by atoms with Crippen LogP contribution in [0.15, 0.2) is 24.3 Å². The molecule has 1 aromatic rings. The molecule has 18 heavy (non-hydrogen) atoms. The summed E-state index contributed by atoms with van der Waals surface area (Å²) in [6, 6.07) is 8.15. The molecule has 1 aliphatic heterocycles. The quantitative estimate of drug-likeness (QED) is 0.814. The highest BCUT2D eigenvalue weighted by Gasteiger charge is 2.17. The monoisotopic (exact) mass is 248 g/mol. The van der Waals surface area contributed by atoms with E-state index in [0.717, 1.165) is 31.8 Å². The fourth-order valence-corrected chi connectivity index (χ4v) is 2.48. The maximum atomic E-state index is 5.83. The molecule has 1 heterocycles. The van der Waals surface area contributed by atoms with Crippen LogP contribution < -0.4 is 10.6 Å². The molecule has 2 rings (SSSR count). The topological polar surface area (TPSA) is 38.5 Å². The molecule has 0 saturated carbocycles. The summed E-state index contributed by atoms with van der Waals surface area (Å²) >= 11 is 0. The molecule has 3 nitrogen and oxygen atoms in total. The zero-order chi connectivity index (χ0) is 12.8. The Bertz CT molecular complexity index is 344. The van der Waals surface area contributed by atoms with Crippen molar-refractivity contribution in [1.82, 2.24) is 0 Å². The Morgan fingerprint density at radius 1 is 1.28 bits per heavy atom. The Kier molecular flexibility index (Phi) is 4.88. The average Bonchev–Trinajstić information content (AvgIpc) is 2.40. The van der Waals surface area contributed by atoms with Crippen LogP contribution in [-0.2, 0) is 4.74 Å². The molecule has 3 heteroatoms. The number of nitrogen functional groups attached to an aromatic ring is 1. The molecular formula is C15H24N2O. The van der Waals surface area contributed by atoms with Crippen LogP contribution in [0.5, 0.6) is 0 Å². The van der Waals surface area contributed by atoms with Crippen molar-refractivity contribution in [2.24, 2.45) is 0 Å². The zero-order valence-corrected chi connectivity index (χ0v) is 11.3. The second-order valence-electron chi connectivity index (χ2n) is 5.03. The first kappa shape index (κ1) is 13.2. The Labute approximate surface area is 110 Å². The summed E-state index contributed by atoms with van der Waals surface area (Å²) in [5, 5.41) is 0. The standard InChI is InChI=1S/C15H24N2O/c1-2-10-17(12-15-5-3-4-11-18-15)14-8-6-13(16)7-9-14/h6-9,15H,2-5,10-12,16H2,1H3. The van der Waals surface area contributed by atoms with Crippen molar-refractivity contribution < 1.29 is 4.74 Å². The van der Waals surface area contributed by atoms with E-state index in [1.54, 1.807) is 0 Å². The van der Waals surface area contributed by atoms with Gasteiger partial charge in [-0.1, -0.05) is 6.92 Å². The van der Waals surface area contributed by atoms with Crippen LogP contribution in [0.4, 0.5) is 11.4 Å². The summed E-state index contributed by atoms with van der Waals surface area (Å²) in [7, 11) is 0. The number of anilines is 2. The normalized spacial score (nSPS) is 19.7. The molecule has 2 N–H and O–H groups in total. The molecule has 0 radical (unpaired) electrons. The number of nitrogens with two attached hydrogens (primary N) is 1. The Morgan fingerprint density at radius 2 is 2.06 bits per heavy atom. The number of rotatable bonds is 5. The van der Waals surface area contributed by atoms with Crippen LogP contribution in [0.1, 0.15) is 32.6 Å². The molecule has 0 spiro atoms. The Balaban J connectivity index is 2.00. The van der Waals surface area contributed by atoms with Gasteiger partial charge in [0.1, 0.15) is 0 Å². The van der Waals surface area contributed by atoms with Gasteiger partial charge in [-0.25, -0.2) is 0 Å². The van der Waals surface area contributed by atoms with Gasteiger partial charge < -0.3 is 15.4 Å². The maximum absolute atomic E-state index is 5.83. The lowest BCUT2D eigenvalue weighted by atomic mass is 10.1. The molecule has 1 aliphatic rings. The van der Waals surface area contributed by atoms with Gasteiger partial charge in [-0.05, 0) is 49.9 Å². The third-order valence-corrected chi connectivity index (χ3v) is 3.45. The van der Waals surface area contributed by atoms with Crippen LogP contribution in [0.3, 0.4) is 0 Å². The summed E-state index contributed by atoms with van der Waals surface area (Å²) < 4.78 is 5.83. The van der Waals surface area contributed by atoms with Gasteiger partial charge in [0.2, 0.25) is 0 Å². The van der Waals surface area contributed by atoms with Gasteiger partial charge in [0, 0.05) is 31.1 Å². The van der Waals surface area contributed by atoms with E-state index in [9.17, 15) is 0 Å². The molecule has 1 atom stereocenters. The third kappa shape index (κ3) is 3.64. The molecule has 100 valence electrons. The minimum absolute atomic E-state index is 0.392. The highest BCUT2D eigenvalue weighted by atomic mass is 16.5. The highest BCUT2D eigenvalue weighted by Crippen LogP contribution is 2.20. The van der Waals surface area contributed by atoms with Gasteiger partial charge >= 0.3 is 0 Å². The fraction of sp³-hybridized carbons (Fsp3) is 0.600. The Hall–Kier alpha value is -1.22. The molecule has 0 aliphatic carbocycles. The molecule has 0 amide bonds. The second-order valence-corrected chi connectivity index (χ2v) is 5.03. The van der Waals surface area contributed by atoms with Gasteiger partial charge in [-0.3, -0.25) is 0 Å². The summed E-state index contributed by atoms with van der Waals surface area (Å²) in [6.45, 7) is 5.21. The third-order valence-electron chi connectivity index (χ3n) is 3.45. The summed E-state index contributed by atoms with van der Waals surface area (Å²) in [5.41, 5.74) is 7.82. The summed E-state index contributed by atoms with van der Waals surface area (Å²) in [4.78, 5) is 2.41. The molecular weight excluding hydrogens is 224 g/mol. The molecule has 0 aromatic heterocycles. The van der Waals surface area contributed by atoms with E-state index >= 15 is 0 Å². The number of hydrogen-bond donors (Lipinski definition) is 1. The maximum Gasteiger partial charge on any atom is 0.0749 e. The average molecular weight is 248 g/mol. The zero-order valence-electron chi connectivity index (χ0n) is 11.3. The van der Waals surface area contributed by atoms with Crippen molar-refractivity contribution in [2.75, 3.05) is 30.3 Å². The molecule has 0 bridgehead atoms. The van der Waals surface area contributed by atoms with Crippen molar-refractivity contribution in [3.05, 3.63) is 24.3 Å². The first-order valence-corrected chi connectivity index (χ1v) is 7.01. The minimum atomic E-state index is 0.392. The molecule has 1 aromatic carbocycles. The van der Waals surface area contributed by atoms with Crippen molar-refractivity contribution in [3.8, 4) is 0 Å². The van der Waals surface area contributed by atoms with Crippen LogP contribution >= 0.6 is 0 Å². The van der Waals surface area contributed by atoms with Crippen molar-refractivity contribution in [3.63, 3.8) is 0 Å².